The van der Waals surface area contributed by atoms with Crippen molar-refractivity contribution in [3.63, 3.8) is 0 Å². The first-order valence-electron chi connectivity index (χ1n) is 5.92. The molecule has 0 radical (unpaired) electrons. The van der Waals surface area contributed by atoms with E-state index >= 15 is 0 Å². The third kappa shape index (κ3) is 5.35. The van der Waals surface area contributed by atoms with E-state index < -0.39 is 0 Å². The summed E-state index contributed by atoms with van der Waals surface area (Å²) in [5.41, 5.74) is 0.446. The maximum Gasteiger partial charge on any atom is 0.333 e. The highest BCUT2D eigenvalue weighted by Crippen LogP contribution is 2.08. The summed E-state index contributed by atoms with van der Waals surface area (Å²) in [7, 11) is 4.22. The maximum atomic E-state index is 11.2. The number of carbonyl (C=O) groups is 1. The van der Waals surface area contributed by atoms with Crippen molar-refractivity contribution in [3.8, 4) is 0 Å². The molecular weight excluding hydrogens is 256 g/mol. The Morgan fingerprint density at radius 2 is 1.94 bits per heavy atom. The summed E-state index contributed by atoms with van der Waals surface area (Å²) in [4.78, 5) is 11.2. The van der Waals surface area contributed by atoms with E-state index in [-0.39, 0.29) is 18.4 Å². The van der Waals surface area contributed by atoms with Gasteiger partial charge in [-0.15, -0.1) is 0 Å². The van der Waals surface area contributed by atoms with E-state index in [1.54, 1.807) is 6.92 Å². The molecule has 1 fully saturated rings. The van der Waals surface area contributed by atoms with Gasteiger partial charge in [0.25, 0.3) is 0 Å². The van der Waals surface area contributed by atoms with Crippen LogP contribution >= 0.6 is 0 Å². The van der Waals surface area contributed by atoms with Crippen LogP contribution in [0.4, 0.5) is 0 Å². The lowest BCUT2D eigenvalue weighted by Gasteiger charge is -2.41. The summed E-state index contributed by atoms with van der Waals surface area (Å²) in [6.07, 6.45) is 0. The van der Waals surface area contributed by atoms with Gasteiger partial charge < -0.3 is 21.9 Å². The first-order valence-corrected chi connectivity index (χ1v) is 5.92. The van der Waals surface area contributed by atoms with Crippen LogP contribution in [0.1, 0.15) is 6.92 Å². The maximum absolute atomic E-state index is 11.2. The number of hydrogen-bond donors (Lipinski definition) is 0. The largest absolute Gasteiger partial charge is 1.00 e. The number of likely N-dealkylation sites (N-methyl/N-ethyl adjacent to an activating group) is 1. The lowest BCUT2D eigenvalue weighted by atomic mass is 10.4. The third-order valence-corrected chi connectivity index (χ3v) is 2.97. The summed E-state index contributed by atoms with van der Waals surface area (Å²) in [6, 6.07) is 0. The Bertz CT molecular complexity index is 289. The number of carbonyl (C=O) groups excluding carboxylic acids is 1. The Balaban J connectivity index is 0.00000289. The monoisotopic (exact) mass is 278 g/mol. The molecular formula is C12H23ClN2O3. The second-order valence-corrected chi connectivity index (χ2v) is 4.83. The van der Waals surface area contributed by atoms with Gasteiger partial charge in [0.1, 0.15) is 13.2 Å². The minimum absolute atomic E-state index is 0. The molecule has 1 heterocycles. The van der Waals surface area contributed by atoms with Crippen molar-refractivity contribution in [3.05, 3.63) is 12.2 Å². The fourth-order valence-electron chi connectivity index (χ4n) is 1.72. The van der Waals surface area contributed by atoms with Crippen molar-refractivity contribution in [2.24, 2.45) is 0 Å². The van der Waals surface area contributed by atoms with Gasteiger partial charge in [-0.3, -0.25) is 0 Å². The average molecular weight is 279 g/mol. The molecule has 18 heavy (non-hydrogen) atoms. The molecule has 1 aliphatic rings. The molecule has 0 unspecified atom stereocenters. The smallest absolute Gasteiger partial charge is 0.333 e. The Morgan fingerprint density at radius 3 is 2.44 bits per heavy atom. The summed E-state index contributed by atoms with van der Waals surface area (Å²) >= 11 is 0. The van der Waals surface area contributed by atoms with Crippen LogP contribution in [-0.4, -0.2) is 69.1 Å². The molecule has 1 saturated heterocycles. The molecule has 0 aromatic carbocycles. The Morgan fingerprint density at radius 1 is 1.39 bits per heavy atom. The van der Waals surface area contributed by atoms with Gasteiger partial charge in [-0.1, -0.05) is 6.58 Å². The number of morpholine rings is 1. The summed E-state index contributed by atoms with van der Waals surface area (Å²) in [5, 5.41) is 2.32. The van der Waals surface area contributed by atoms with E-state index in [1.807, 2.05) is 0 Å². The molecule has 0 aromatic rings. The van der Waals surface area contributed by atoms with Gasteiger partial charge in [0, 0.05) is 5.57 Å². The van der Waals surface area contributed by atoms with Gasteiger partial charge in [0.05, 0.1) is 40.4 Å². The molecule has 1 rings (SSSR count). The van der Waals surface area contributed by atoms with Crippen molar-refractivity contribution in [2.45, 2.75) is 6.92 Å². The molecule has 0 spiro atoms. The summed E-state index contributed by atoms with van der Waals surface area (Å²) in [6.45, 7) is 9.76. The Kier molecular flexibility index (Phi) is 7.47. The number of nitrogens with zero attached hydrogens (tertiary/aromatic N) is 2. The third-order valence-electron chi connectivity index (χ3n) is 2.97. The minimum Gasteiger partial charge on any atom is -1.00 e. The van der Waals surface area contributed by atoms with E-state index in [0.717, 1.165) is 32.8 Å². The van der Waals surface area contributed by atoms with E-state index in [2.05, 4.69) is 25.7 Å². The van der Waals surface area contributed by atoms with Gasteiger partial charge in [0.15, 0.2) is 0 Å². The van der Waals surface area contributed by atoms with E-state index in [4.69, 9.17) is 9.47 Å². The average Bonchev–Trinajstić information content (AvgIpc) is 2.29. The van der Waals surface area contributed by atoms with Crippen LogP contribution < -0.4 is 12.4 Å². The highest BCUT2D eigenvalue weighted by molar-refractivity contribution is 5.86. The number of halogens is 1. The molecule has 0 N–H and O–H groups in total. The van der Waals surface area contributed by atoms with Crippen molar-refractivity contribution in [1.82, 2.24) is 5.01 Å². The van der Waals surface area contributed by atoms with E-state index in [9.17, 15) is 4.79 Å². The zero-order valence-corrected chi connectivity index (χ0v) is 12.2. The second-order valence-electron chi connectivity index (χ2n) is 4.83. The van der Waals surface area contributed by atoms with Crippen molar-refractivity contribution in [2.75, 3.05) is 53.6 Å². The topological polar surface area (TPSA) is 38.8 Å². The van der Waals surface area contributed by atoms with E-state index in [0.29, 0.717) is 16.8 Å². The first-order chi connectivity index (χ1) is 7.93. The molecule has 6 heteroatoms. The number of quaternary nitrogens is 1. The van der Waals surface area contributed by atoms with E-state index in [1.165, 1.54) is 0 Å². The van der Waals surface area contributed by atoms with Gasteiger partial charge in [-0.25, -0.2) is 9.39 Å². The lowest BCUT2D eigenvalue weighted by Crippen LogP contribution is -3.00. The van der Waals surface area contributed by atoms with Gasteiger partial charge in [-0.05, 0) is 6.92 Å². The standard InChI is InChI=1S/C12H23N2O3.ClH/c1-11(2)12(15)17-10-7-14(3,4)13-5-8-16-9-6-13;/h1,5-10H2,2-4H3;1H/q+1;/p-1. The van der Waals surface area contributed by atoms with Gasteiger partial charge in [-0.2, -0.15) is 5.01 Å². The molecule has 1 aliphatic heterocycles. The number of ether oxygens (including phenoxy) is 2. The molecule has 0 aromatic heterocycles. The summed E-state index contributed by atoms with van der Waals surface area (Å²) in [5.74, 6) is -0.313. The molecule has 0 atom stereocenters. The highest BCUT2D eigenvalue weighted by Gasteiger charge is 2.27. The second kappa shape index (κ2) is 7.74. The van der Waals surface area contributed by atoms with Crippen molar-refractivity contribution < 1.29 is 31.3 Å². The first kappa shape index (κ1) is 17.4. The number of esters is 1. The van der Waals surface area contributed by atoms with Crippen LogP contribution in [-0.2, 0) is 14.3 Å². The Hall–Kier alpha value is -0.620. The SMILES string of the molecule is C=C(C)C(=O)OCC[N+](C)(C)N1CCOCC1.[Cl-]. The van der Waals surface area contributed by atoms with Crippen molar-refractivity contribution >= 4 is 5.97 Å². The van der Waals surface area contributed by atoms with Crippen LogP contribution in [0.2, 0.25) is 0 Å². The van der Waals surface area contributed by atoms with Crippen LogP contribution in [0, 0.1) is 0 Å². The number of rotatable bonds is 5. The fourth-order valence-corrected chi connectivity index (χ4v) is 1.72. The Labute approximate surface area is 115 Å². The quantitative estimate of drug-likeness (QED) is 0.315. The van der Waals surface area contributed by atoms with Crippen LogP contribution in [0.25, 0.3) is 0 Å². The molecule has 0 aliphatic carbocycles. The van der Waals surface area contributed by atoms with Gasteiger partial charge in [0.2, 0.25) is 0 Å². The van der Waals surface area contributed by atoms with Crippen LogP contribution in [0.3, 0.4) is 0 Å². The number of hydrogen-bond acceptors (Lipinski definition) is 4. The van der Waals surface area contributed by atoms with Gasteiger partial charge >= 0.3 is 5.97 Å². The lowest BCUT2D eigenvalue weighted by molar-refractivity contribution is -1.00. The normalized spacial score (nSPS) is 16.8. The zero-order valence-electron chi connectivity index (χ0n) is 11.4. The molecule has 106 valence electrons. The van der Waals surface area contributed by atoms with Crippen LogP contribution in [0.15, 0.2) is 12.2 Å². The molecule has 0 saturated carbocycles. The predicted octanol–water partition coefficient (Wildman–Crippen LogP) is -2.57. The molecule has 5 nitrogen and oxygen atoms in total. The minimum atomic E-state index is -0.313. The highest BCUT2D eigenvalue weighted by atomic mass is 35.5. The molecule has 0 amide bonds. The predicted molar refractivity (Wildman–Crippen MR) is 65.1 cm³/mol. The fraction of sp³-hybridized carbons (Fsp3) is 0.750. The van der Waals surface area contributed by atoms with Crippen molar-refractivity contribution in [1.29, 1.82) is 0 Å². The van der Waals surface area contributed by atoms with Crippen LogP contribution in [0.5, 0.6) is 0 Å². The molecule has 0 bridgehead atoms. The zero-order chi connectivity index (χ0) is 12.9. The summed E-state index contributed by atoms with van der Waals surface area (Å²) < 4.78 is 11.2.